The van der Waals surface area contributed by atoms with Crippen LogP contribution >= 0.6 is 0 Å². The maximum Gasteiger partial charge on any atom is 0.312 e. The minimum Gasteiger partial charge on any atom is -0.367 e. The van der Waals surface area contributed by atoms with Crippen LogP contribution in [-0.2, 0) is 14.3 Å². The summed E-state index contributed by atoms with van der Waals surface area (Å²) < 4.78 is 5.37. The Bertz CT molecular complexity index is 221. The molecule has 73 valence electrons. The number of primary amides is 1. The van der Waals surface area contributed by atoms with Gasteiger partial charge in [-0.3, -0.25) is 9.59 Å². The summed E-state index contributed by atoms with van der Waals surface area (Å²) in [6, 6.07) is 0. The molecule has 2 amide bonds. The lowest BCUT2D eigenvalue weighted by Crippen LogP contribution is -2.56. The van der Waals surface area contributed by atoms with Gasteiger partial charge in [0.25, 0.3) is 0 Å². The van der Waals surface area contributed by atoms with E-state index in [9.17, 15) is 9.59 Å². The van der Waals surface area contributed by atoms with Crippen molar-refractivity contribution in [2.45, 2.75) is 25.6 Å². The van der Waals surface area contributed by atoms with Gasteiger partial charge in [-0.2, -0.15) is 0 Å². The number of hydrogen-bond donors (Lipinski definition) is 1. The lowest BCUT2D eigenvalue weighted by Gasteiger charge is -2.39. The molecule has 0 unspecified atom stereocenters. The Labute approximate surface area is 76.8 Å². The molecule has 1 saturated heterocycles. The topological polar surface area (TPSA) is 72.6 Å². The fraction of sp³-hybridized carbons (Fsp3) is 0.750. The molecule has 2 N–H and O–H groups in total. The summed E-state index contributed by atoms with van der Waals surface area (Å²) >= 11 is 0. The van der Waals surface area contributed by atoms with Gasteiger partial charge in [-0.1, -0.05) is 0 Å². The summed E-state index contributed by atoms with van der Waals surface area (Å²) in [5.41, 5.74) is 4.15. The zero-order chi connectivity index (χ0) is 10.1. The molecule has 1 heterocycles. The van der Waals surface area contributed by atoms with Crippen molar-refractivity contribution in [3.05, 3.63) is 0 Å². The second-order valence-electron chi connectivity index (χ2n) is 3.61. The van der Waals surface area contributed by atoms with Gasteiger partial charge in [0.1, 0.15) is 5.60 Å². The van der Waals surface area contributed by atoms with Crippen LogP contribution in [0.2, 0.25) is 0 Å². The molecule has 0 saturated carbocycles. The Balaban J connectivity index is 2.35. The molecule has 5 heteroatoms. The van der Waals surface area contributed by atoms with Crippen molar-refractivity contribution < 1.29 is 14.3 Å². The van der Waals surface area contributed by atoms with Gasteiger partial charge in [0, 0.05) is 13.1 Å². The average molecular weight is 185 g/mol. The van der Waals surface area contributed by atoms with Crippen molar-refractivity contribution in [1.29, 1.82) is 0 Å². The highest BCUT2D eigenvalue weighted by Gasteiger charge is 2.35. The highest BCUT2D eigenvalue weighted by molar-refractivity contribution is 5.82. The molecule has 0 spiro atoms. The van der Waals surface area contributed by atoms with Crippen LogP contribution in [0.4, 0.5) is 0 Å². The Morgan fingerprint density at radius 2 is 2.15 bits per heavy atom. The molecule has 0 aromatic rings. The maximum atomic E-state index is 10.9. The predicted molar refractivity (Wildman–Crippen MR) is 45.4 cm³/mol. The monoisotopic (exact) mass is 185 g/mol. The standard InChI is InChI=1S/C8H13N2O3/c1-8(2,7(9)12)13-6-3-10(4-6)5-11/h6H,3-4H2,1-2H3,(H2,9,12). The lowest BCUT2D eigenvalue weighted by molar-refractivity contribution is -0.155. The lowest BCUT2D eigenvalue weighted by atomic mass is 10.1. The zero-order valence-corrected chi connectivity index (χ0v) is 7.74. The SMILES string of the molecule is CC(C)(OC1CN([C]=O)C1)C(N)=O. The summed E-state index contributed by atoms with van der Waals surface area (Å²) in [5.74, 6) is -0.499. The first-order valence-corrected chi connectivity index (χ1v) is 4.06. The molecule has 5 nitrogen and oxygen atoms in total. The molecular weight excluding hydrogens is 172 g/mol. The van der Waals surface area contributed by atoms with Crippen LogP contribution in [0.25, 0.3) is 0 Å². The predicted octanol–water partition coefficient (Wildman–Crippen LogP) is -0.982. The number of carbonyl (C=O) groups is 1. The zero-order valence-electron chi connectivity index (χ0n) is 7.74. The smallest absolute Gasteiger partial charge is 0.312 e. The third kappa shape index (κ3) is 2.18. The molecule has 1 rings (SSSR count). The van der Waals surface area contributed by atoms with Gasteiger partial charge >= 0.3 is 6.41 Å². The average Bonchev–Trinajstić information content (AvgIpc) is 1.95. The molecule has 0 atom stereocenters. The van der Waals surface area contributed by atoms with Gasteiger partial charge in [-0.25, -0.2) is 0 Å². The normalized spacial score (nSPS) is 18.2. The molecule has 0 aliphatic carbocycles. The van der Waals surface area contributed by atoms with Crippen molar-refractivity contribution in [2.75, 3.05) is 13.1 Å². The summed E-state index contributed by atoms with van der Waals surface area (Å²) in [6.45, 7) is 4.20. The van der Waals surface area contributed by atoms with Crippen LogP contribution < -0.4 is 5.73 Å². The third-order valence-corrected chi connectivity index (χ3v) is 2.03. The van der Waals surface area contributed by atoms with Gasteiger partial charge in [-0.05, 0) is 13.8 Å². The number of amides is 2. The van der Waals surface area contributed by atoms with Crippen molar-refractivity contribution in [3.8, 4) is 0 Å². The number of nitrogens with two attached hydrogens (primary N) is 1. The van der Waals surface area contributed by atoms with E-state index in [2.05, 4.69) is 0 Å². The highest BCUT2D eigenvalue weighted by Crippen LogP contribution is 2.17. The van der Waals surface area contributed by atoms with E-state index in [0.29, 0.717) is 13.1 Å². The van der Waals surface area contributed by atoms with E-state index >= 15 is 0 Å². The van der Waals surface area contributed by atoms with Crippen molar-refractivity contribution in [2.24, 2.45) is 5.73 Å². The van der Waals surface area contributed by atoms with Crippen molar-refractivity contribution >= 4 is 12.3 Å². The van der Waals surface area contributed by atoms with E-state index in [1.165, 1.54) is 4.90 Å². The molecule has 13 heavy (non-hydrogen) atoms. The molecule has 1 fully saturated rings. The minimum absolute atomic E-state index is 0.0936. The molecule has 0 bridgehead atoms. The number of nitrogens with zero attached hydrogens (tertiary/aromatic N) is 1. The van der Waals surface area contributed by atoms with Gasteiger partial charge in [0.15, 0.2) is 0 Å². The highest BCUT2D eigenvalue weighted by atomic mass is 16.5. The maximum absolute atomic E-state index is 10.9. The number of carbonyl (C=O) groups excluding carboxylic acids is 2. The minimum atomic E-state index is -0.959. The van der Waals surface area contributed by atoms with Crippen LogP contribution in [0, 0.1) is 0 Å². The van der Waals surface area contributed by atoms with Crippen molar-refractivity contribution in [1.82, 2.24) is 4.90 Å². The van der Waals surface area contributed by atoms with Crippen LogP contribution in [0.15, 0.2) is 0 Å². The summed E-state index contributed by atoms with van der Waals surface area (Å²) in [4.78, 5) is 22.4. The van der Waals surface area contributed by atoms with E-state index in [1.54, 1.807) is 20.3 Å². The van der Waals surface area contributed by atoms with Gasteiger partial charge in [-0.15, -0.1) is 0 Å². The Kier molecular flexibility index (Phi) is 2.56. The fourth-order valence-electron chi connectivity index (χ4n) is 1.06. The number of ether oxygens (including phenoxy) is 1. The molecule has 1 aliphatic heterocycles. The van der Waals surface area contributed by atoms with E-state index in [-0.39, 0.29) is 6.10 Å². The van der Waals surface area contributed by atoms with Gasteiger partial charge in [0.05, 0.1) is 6.10 Å². The van der Waals surface area contributed by atoms with Crippen LogP contribution in [0.5, 0.6) is 0 Å². The number of hydrogen-bond acceptors (Lipinski definition) is 3. The van der Waals surface area contributed by atoms with Crippen LogP contribution in [0.3, 0.4) is 0 Å². The molecule has 0 aromatic carbocycles. The first-order chi connectivity index (χ1) is 5.95. The third-order valence-electron chi connectivity index (χ3n) is 2.03. The molecule has 1 aliphatic rings. The quantitative estimate of drug-likeness (QED) is 0.611. The molecular formula is C8H13N2O3. The molecule has 0 aromatic heterocycles. The largest absolute Gasteiger partial charge is 0.367 e. The first kappa shape index (κ1) is 9.98. The number of rotatable bonds is 4. The Morgan fingerprint density at radius 1 is 1.62 bits per heavy atom. The number of likely N-dealkylation sites (tertiary alicyclic amines) is 1. The second kappa shape index (κ2) is 3.33. The molecule has 1 radical (unpaired) electrons. The Hall–Kier alpha value is -1.10. The Morgan fingerprint density at radius 3 is 2.54 bits per heavy atom. The first-order valence-electron chi connectivity index (χ1n) is 4.06. The van der Waals surface area contributed by atoms with Gasteiger partial charge in [0.2, 0.25) is 5.91 Å². The van der Waals surface area contributed by atoms with E-state index in [4.69, 9.17) is 10.5 Å². The van der Waals surface area contributed by atoms with Crippen molar-refractivity contribution in [3.63, 3.8) is 0 Å². The second-order valence-corrected chi connectivity index (χ2v) is 3.61. The summed E-state index contributed by atoms with van der Waals surface area (Å²) in [7, 11) is 0. The fourth-order valence-corrected chi connectivity index (χ4v) is 1.06. The van der Waals surface area contributed by atoms with E-state index in [1.807, 2.05) is 0 Å². The van der Waals surface area contributed by atoms with Gasteiger partial charge < -0.3 is 15.4 Å². The van der Waals surface area contributed by atoms with E-state index < -0.39 is 11.5 Å². The van der Waals surface area contributed by atoms with Crippen LogP contribution in [0.1, 0.15) is 13.8 Å². The summed E-state index contributed by atoms with van der Waals surface area (Å²) in [6.07, 6.45) is 1.64. The van der Waals surface area contributed by atoms with E-state index in [0.717, 1.165) is 0 Å². The van der Waals surface area contributed by atoms with Crippen LogP contribution in [-0.4, -0.2) is 42.0 Å². The summed E-state index contributed by atoms with van der Waals surface area (Å²) in [5, 5.41) is 0.